The first-order valence-electron chi connectivity index (χ1n) is 20.7. The van der Waals surface area contributed by atoms with Crippen molar-refractivity contribution in [1.29, 1.82) is 0 Å². The summed E-state index contributed by atoms with van der Waals surface area (Å²) < 4.78 is 33.3. The van der Waals surface area contributed by atoms with Crippen LogP contribution in [0.1, 0.15) is 21.1 Å². The molecule has 0 aliphatic heterocycles. The number of nitrogens with zero attached hydrogens (tertiary/aromatic N) is 9. The van der Waals surface area contributed by atoms with Gasteiger partial charge in [0.1, 0.15) is 5.82 Å². The SMILES string of the molecule is [2H]C([2H])([2H])c1cccc2c1nc1n(-c3cccc(-n4c5ccccc5n5c6cccc(Cc7nc(-c8ccccc8)nc(-c8ccccc8)n7)c6nc45)c3)c3ccccc3n21. The standard InChI is InChI=1S/C49H33N9/c1-31-15-12-27-41-44(31)52-48-55(37-23-8-10-25-39(37)57(41)48)35-21-14-22-36(30-35)56-38-24-9-11-26-40(38)58-42-28-13-20-34(45(42)53-49(56)58)29-43-50-46(32-16-4-2-5-17-32)54-47(51-43)33-18-6-3-7-19-33/h2-28,30H,29H2,1H3/i1D3. The molecule has 0 aliphatic carbocycles. The van der Waals surface area contributed by atoms with Crippen LogP contribution in [0.25, 0.3) is 89.8 Å². The Balaban J connectivity index is 1.03. The summed E-state index contributed by atoms with van der Waals surface area (Å²) in [5.74, 6) is 3.30. The van der Waals surface area contributed by atoms with Crippen molar-refractivity contribution in [3.63, 3.8) is 0 Å². The Kier molecular flexibility index (Phi) is 6.36. The molecule has 274 valence electrons. The Morgan fingerprint density at radius 2 is 0.914 bits per heavy atom. The predicted octanol–water partition coefficient (Wildman–Crippen LogP) is 10.6. The van der Waals surface area contributed by atoms with E-state index in [1.807, 2.05) is 97.1 Å². The largest absolute Gasteiger partial charge is 0.278 e. The molecule has 58 heavy (non-hydrogen) atoms. The minimum absolute atomic E-state index is 0.230. The first-order chi connectivity index (χ1) is 29.9. The molecule has 0 atom stereocenters. The molecular formula is C49H33N9. The van der Waals surface area contributed by atoms with E-state index in [1.165, 1.54) is 0 Å². The van der Waals surface area contributed by atoms with E-state index in [2.05, 4.69) is 78.6 Å². The molecule has 0 saturated heterocycles. The number of benzene rings is 7. The molecule has 9 nitrogen and oxygen atoms in total. The topological polar surface area (TPSA) is 83.1 Å². The lowest BCUT2D eigenvalue weighted by Crippen LogP contribution is -2.04. The van der Waals surface area contributed by atoms with Crippen LogP contribution >= 0.6 is 0 Å². The maximum Gasteiger partial charge on any atom is 0.220 e. The van der Waals surface area contributed by atoms with E-state index in [1.54, 1.807) is 12.1 Å². The number of fused-ring (bicyclic) bond motifs is 10. The minimum Gasteiger partial charge on any atom is -0.278 e. The van der Waals surface area contributed by atoms with Crippen LogP contribution in [0.3, 0.4) is 0 Å². The zero-order valence-electron chi connectivity index (χ0n) is 33.9. The first-order valence-corrected chi connectivity index (χ1v) is 19.2. The quantitative estimate of drug-likeness (QED) is 0.169. The average molecular weight is 751 g/mol. The third-order valence-electron chi connectivity index (χ3n) is 11.0. The van der Waals surface area contributed by atoms with Crippen molar-refractivity contribution >= 4 is 55.7 Å². The number of para-hydroxylation sites is 6. The van der Waals surface area contributed by atoms with Crippen LogP contribution in [-0.4, -0.2) is 42.9 Å². The van der Waals surface area contributed by atoms with Gasteiger partial charge in [0, 0.05) is 21.7 Å². The second-order valence-electron chi connectivity index (χ2n) is 14.4. The normalized spacial score (nSPS) is 12.9. The molecule has 12 rings (SSSR count). The van der Waals surface area contributed by atoms with E-state index in [-0.39, 0.29) is 5.56 Å². The van der Waals surface area contributed by atoms with Gasteiger partial charge in [-0.3, -0.25) is 17.9 Å². The van der Waals surface area contributed by atoms with Crippen molar-refractivity contribution in [2.45, 2.75) is 13.3 Å². The lowest BCUT2D eigenvalue weighted by Gasteiger charge is -2.10. The molecule has 7 aromatic carbocycles. The maximum absolute atomic E-state index is 8.25. The summed E-state index contributed by atoms with van der Waals surface area (Å²) in [7, 11) is 0. The van der Waals surface area contributed by atoms with E-state index >= 15 is 0 Å². The number of hydrogen-bond donors (Lipinski definition) is 0. The zero-order valence-corrected chi connectivity index (χ0v) is 30.9. The summed E-state index contributed by atoms with van der Waals surface area (Å²) >= 11 is 0. The molecule has 0 radical (unpaired) electrons. The van der Waals surface area contributed by atoms with Gasteiger partial charge in [-0.25, -0.2) is 24.9 Å². The van der Waals surface area contributed by atoms with E-state index in [0.717, 1.165) is 72.5 Å². The molecular weight excluding hydrogens is 715 g/mol. The van der Waals surface area contributed by atoms with E-state index in [0.29, 0.717) is 35.2 Å². The van der Waals surface area contributed by atoms with Crippen LogP contribution in [0.15, 0.2) is 170 Å². The fraction of sp³-hybridized carbons (Fsp3) is 0.0408. The van der Waals surface area contributed by atoms with Gasteiger partial charge in [-0.2, -0.15) is 0 Å². The summed E-state index contributed by atoms with van der Waals surface area (Å²) in [6.45, 7) is -2.31. The van der Waals surface area contributed by atoms with Crippen LogP contribution < -0.4 is 0 Å². The summed E-state index contributed by atoms with van der Waals surface area (Å²) in [5, 5.41) is 0. The van der Waals surface area contributed by atoms with Gasteiger partial charge in [-0.05, 0) is 72.6 Å². The van der Waals surface area contributed by atoms with Gasteiger partial charge >= 0.3 is 0 Å². The van der Waals surface area contributed by atoms with Crippen LogP contribution in [0, 0.1) is 6.85 Å². The molecule has 0 fully saturated rings. The number of hydrogen-bond acceptors (Lipinski definition) is 5. The molecule has 0 aliphatic rings. The smallest absolute Gasteiger partial charge is 0.220 e. The summed E-state index contributed by atoms with van der Waals surface area (Å²) in [4.78, 5) is 25.3. The maximum atomic E-state index is 8.25. The Hall–Kier alpha value is -7.91. The van der Waals surface area contributed by atoms with E-state index in [4.69, 9.17) is 29.0 Å². The van der Waals surface area contributed by atoms with Gasteiger partial charge in [-0.15, -0.1) is 0 Å². The minimum atomic E-state index is -2.31. The summed E-state index contributed by atoms with van der Waals surface area (Å²) in [6.07, 6.45) is 0.450. The molecule has 0 N–H and O–H groups in total. The molecule has 12 aromatic rings. The molecule has 0 bridgehead atoms. The molecule has 0 amide bonds. The molecule has 5 aromatic heterocycles. The highest BCUT2D eigenvalue weighted by molar-refractivity contribution is 5.95. The fourth-order valence-corrected chi connectivity index (χ4v) is 8.43. The van der Waals surface area contributed by atoms with Crippen molar-refractivity contribution in [3.05, 3.63) is 187 Å². The fourth-order valence-electron chi connectivity index (χ4n) is 8.43. The third kappa shape index (κ3) is 4.86. The number of aromatic nitrogens is 9. The molecule has 0 unspecified atom stereocenters. The second-order valence-corrected chi connectivity index (χ2v) is 14.4. The lowest BCUT2D eigenvalue weighted by atomic mass is 10.1. The number of rotatable bonds is 6. The van der Waals surface area contributed by atoms with Crippen LogP contribution in [0.4, 0.5) is 0 Å². The second kappa shape index (κ2) is 12.6. The van der Waals surface area contributed by atoms with E-state index in [9.17, 15) is 0 Å². The number of aryl methyl sites for hydroxylation is 1. The van der Waals surface area contributed by atoms with Crippen LogP contribution in [0.5, 0.6) is 0 Å². The van der Waals surface area contributed by atoms with Gasteiger partial charge in [0.15, 0.2) is 11.6 Å². The van der Waals surface area contributed by atoms with Crippen molar-refractivity contribution in [3.8, 4) is 34.2 Å². The van der Waals surface area contributed by atoms with Gasteiger partial charge in [-0.1, -0.05) is 115 Å². The highest BCUT2D eigenvalue weighted by Crippen LogP contribution is 2.34. The molecule has 9 heteroatoms. The van der Waals surface area contributed by atoms with E-state index < -0.39 is 6.85 Å². The Labute approximate surface area is 336 Å². The number of imidazole rings is 4. The van der Waals surface area contributed by atoms with Crippen molar-refractivity contribution in [1.82, 2.24) is 42.9 Å². The third-order valence-corrected chi connectivity index (χ3v) is 11.0. The zero-order chi connectivity index (χ0) is 40.8. The van der Waals surface area contributed by atoms with Crippen molar-refractivity contribution < 1.29 is 4.11 Å². The van der Waals surface area contributed by atoms with Gasteiger partial charge in [0.2, 0.25) is 11.6 Å². The lowest BCUT2D eigenvalue weighted by molar-refractivity contribution is 0.935. The summed E-state index contributed by atoms with van der Waals surface area (Å²) in [5.41, 5.74) is 11.8. The monoisotopic (exact) mass is 750 g/mol. The Morgan fingerprint density at radius 3 is 1.50 bits per heavy atom. The molecule has 0 spiro atoms. The Morgan fingerprint density at radius 1 is 0.431 bits per heavy atom. The van der Waals surface area contributed by atoms with Crippen LogP contribution in [-0.2, 0) is 6.42 Å². The molecule has 0 saturated carbocycles. The highest BCUT2D eigenvalue weighted by Gasteiger charge is 2.22. The van der Waals surface area contributed by atoms with Gasteiger partial charge < -0.3 is 0 Å². The van der Waals surface area contributed by atoms with Crippen LogP contribution in [0.2, 0.25) is 0 Å². The Bertz CT molecular complexity index is 3620. The first kappa shape index (κ1) is 29.4. The summed E-state index contributed by atoms with van der Waals surface area (Å²) in [6, 6.07) is 56.5. The molecule has 5 heterocycles. The van der Waals surface area contributed by atoms with Gasteiger partial charge in [0.25, 0.3) is 0 Å². The van der Waals surface area contributed by atoms with Crippen molar-refractivity contribution in [2.24, 2.45) is 0 Å². The predicted molar refractivity (Wildman–Crippen MR) is 231 cm³/mol. The van der Waals surface area contributed by atoms with Gasteiger partial charge in [0.05, 0.1) is 55.5 Å². The highest BCUT2D eigenvalue weighted by atomic mass is 15.2. The van der Waals surface area contributed by atoms with Crippen molar-refractivity contribution in [2.75, 3.05) is 0 Å². The average Bonchev–Trinajstić information content (AvgIpc) is 4.03.